The first kappa shape index (κ1) is 10.7. The third kappa shape index (κ3) is 5.02. The highest BCUT2D eigenvalue weighted by molar-refractivity contribution is 4.99. The van der Waals surface area contributed by atoms with E-state index in [1.54, 1.807) is 0 Å². The van der Waals surface area contributed by atoms with Crippen molar-refractivity contribution in [3.05, 3.63) is 12.2 Å². The van der Waals surface area contributed by atoms with E-state index >= 15 is 0 Å². The van der Waals surface area contributed by atoms with Crippen LogP contribution >= 0.6 is 0 Å². The SMILES string of the molecule is C=C(CC)C(C)CC(C)(C)N. The molecule has 0 amide bonds. The van der Waals surface area contributed by atoms with E-state index in [9.17, 15) is 0 Å². The molecule has 0 fully saturated rings. The fraction of sp³-hybridized carbons (Fsp3) is 0.800. The Bertz CT molecular complexity index is 130. The van der Waals surface area contributed by atoms with Gasteiger partial charge in [-0.25, -0.2) is 0 Å². The lowest BCUT2D eigenvalue weighted by Crippen LogP contribution is -2.34. The van der Waals surface area contributed by atoms with Crippen molar-refractivity contribution in [2.75, 3.05) is 0 Å². The van der Waals surface area contributed by atoms with Crippen molar-refractivity contribution in [1.29, 1.82) is 0 Å². The van der Waals surface area contributed by atoms with Gasteiger partial charge in [0.2, 0.25) is 0 Å². The van der Waals surface area contributed by atoms with Crippen LogP contribution in [0.25, 0.3) is 0 Å². The minimum absolute atomic E-state index is 0.0580. The molecule has 1 nitrogen and oxygen atoms in total. The quantitative estimate of drug-likeness (QED) is 0.621. The fourth-order valence-corrected chi connectivity index (χ4v) is 1.28. The highest BCUT2D eigenvalue weighted by Crippen LogP contribution is 2.21. The molecular weight excluding hydrogens is 134 g/mol. The monoisotopic (exact) mass is 155 g/mol. The third-order valence-electron chi connectivity index (χ3n) is 1.98. The Morgan fingerprint density at radius 3 is 2.27 bits per heavy atom. The van der Waals surface area contributed by atoms with Crippen molar-refractivity contribution >= 4 is 0 Å². The second-order valence-electron chi connectivity index (χ2n) is 4.11. The van der Waals surface area contributed by atoms with E-state index in [2.05, 4.69) is 34.3 Å². The zero-order valence-electron chi connectivity index (χ0n) is 8.28. The average molecular weight is 155 g/mol. The van der Waals surface area contributed by atoms with Gasteiger partial charge in [-0.15, -0.1) is 0 Å². The summed E-state index contributed by atoms with van der Waals surface area (Å²) in [5, 5.41) is 0. The van der Waals surface area contributed by atoms with Gasteiger partial charge in [-0.2, -0.15) is 0 Å². The van der Waals surface area contributed by atoms with Crippen molar-refractivity contribution < 1.29 is 0 Å². The number of allylic oxidation sites excluding steroid dienone is 1. The Balaban J connectivity index is 3.87. The highest BCUT2D eigenvalue weighted by atomic mass is 14.7. The molecule has 66 valence electrons. The summed E-state index contributed by atoms with van der Waals surface area (Å²) in [5.41, 5.74) is 7.14. The molecule has 2 N–H and O–H groups in total. The Kier molecular flexibility index (Phi) is 3.81. The molecule has 0 rings (SSSR count). The Labute approximate surface area is 70.7 Å². The maximum Gasteiger partial charge on any atom is 0.0103 e. The summed E-state index contributed by atoms with van der Waals surface area (Å²) in [6, 6.07) is 0. The molecule has 0 saturated heterocycles. The minimum atomic E-state index is -0.0580. The molecule has 0 aromatic rings. The van der Waals surface area contributed by atoms with E-state index in [0.29, 0.717) is 5.92 Å². The third-order valence-corrected chi connectivity index (χ3v) is 1.98. The average Bonchev–Trinajstić information content (AvgIpc) is 1.82. The van der Waals surface area contributed by atoms with Crippen LogP contribution in [0.1, 0.15) is 40.5 Å². The molecule has 0 radical (unpaired) electrons. The van der Waals surface area contributed by atoms with Crippen LogP contribution in [0.5, 0.6) is 0 Å². The van der Waals surface area contributed by atoms with Gasteiger partial charge in [0, 0.05) is 5.54 Å². The molecule has 0 aliphatic heterocycles. The number of hydrogen-bond donors (Lipinski definition) is 1. The molecule has 1 unspecified atom stereocenters. The molecule has 0 saturated carbocycles. The van der Waals surface area contributed by atoms with Crippen molar-refractivity contribution in [2.45, 2.75) is 46.1 Å². The van der Waals surface area contributed by atoms with Gasteiger partial charge in [0.1, 0.15) is 0 Å². The first-order valence-electron chi connectivity index (χ1n) is 4.33. The molecule has 0 spiro atoms. The molecule has 1 atom stereocenters. The molecule has 0 aliphatic carbocycles. The molecule has 1 heteroatoms. The van der Waals surface area contributed by atoms with Crippen LogP contribution in [-0.4, -0.2) is 5.54 Å². The molecule has 0 aromatic heterocycles. The van der Waals surface area contributed by atoms with Crippen molar-refractivity contribution in [2.24, 2.45) is 11.7 Å². The lowest BCUT2D eigenvalue weighted by atomic mass is 9.87. The standard InChI is InChI=1S/C10H21N/c1-6-8(2)9(3)7-10(4,5)11/h9H,2,6-7,11H2,1,3-5H3. The maximum absolute atomic E-state index is 5.89. The number of rotatable bonds is 4. The first-order chi connectivity index (χ1) is 4.87. The van der Waals surface area contributed by atoms with Gasteiger partial charge in [-0.05, 0) is 32.6 Å². The lowest BCUT2D eigenvalue weighted by Gasteiger charge is -2.24. The summed E-state index contributed by atoms with van der Waals surface area (Å²) < 4.78 is 0. The van der Waals surface area contributed by atoms with Gasteiger partial charge in [0.15, 0.2) is 0 Å². The Morgan fingerprint density at radius 1 is 1.55 bits per heavy atom. The van der Waals surface area contributed by atoms with Gasteiger partial charge in [-0.1, -0.05) is 26.0 Å². The minimum Gasteiger partial charge on any atom is -0.326 e. The molecule has 0 aromatic carbocycles. The van der Waals surface area contributed by atoms with Crippen LogP contribution < -0.4 is 5.73 Å². The Hall–Kier alpha value is -0.300. The highest BCUT2D eigenvalue weighted by Gasteiger charge is 2.16. The summed E-state index contributed by atoms with van der Waals surface area (Å²) in [5.74, 6) is 0.556. The van der Waals surface area contributed by atoms with Crippen LogP contribution in [0.15, 0.2) is 12.2 Å². The summed E-state index contributed by atoms with van der Waals surface area (Å²) in [6.07, 6.45) is 2.09. The fourth-order valence-electron chi connectivity index (χ4n) is 1.28. The van der Waals surface area contributed by atoms with E-state index < -0.39 is 0 Å². The van der Waals surface area contributed by atoms with Crippen LogP contribution in [0.3, 0.4) is 0 Å². The van der Waals surface area contributed by atoms with Crippen LogP contribution in [0.4, 0.5) is 0 Å². The van der Waals surface area contributed by atoms with Gasteiger partial charge in [-0.3, -0.25) is 0 Å². The summed E-state index contributed by atoms with van der Waals surface area (Å²) in [6.45, 7) is 12.5. The Morgan fingerprint density at radius 2 is 2.00 bits per heavy atom. The maximum atomic E-state index is 5.89. The van der Waals surface area contributed by atoms with Gasteiger partial charge in [0.05, 0.1) is 0 Å². The second-order valence-corrected chi connectivity index (χ2v) is 4.11. The van der Waals surface area contributed by atoms with Crippen LogP contribution in [0.2, 0.25) is 0 Å². The van der Waals surface area contributed by atoms with Gasteiger partial charge >= 0.3 is 0 Å². The largest absolute Gasteiger partial charge is 0.326 e. The van der Waals surface area contributed by atoms with Crippen LogP contribution in [0, 0.1) is 5.92 Å². The van der Waals surface area contributed by atoms with Crippen molar-refractivity contribution in [3.8, 4) is 0 Å². The van der Waals surface area contributed by atoms with E-state index in [0.717, 1.165) is 12.8 Å². The summed E-state index contributed by atoms with van der Waals surface area (Å²) >= 11 is 0. The first-order valence-corrected chi connectivity index (χ1v) is 4.33. The molecule has 0 heterocycles. The van der Waals surface area contributed by atoms with E-state index in [4.69, 9.17) is 5.73 Å². The molecule has 0 aliphatic rings. The van der Waals surface area contributed by atoms with Crippen molar-refractivity contribution in [3.63, 3.8) is 0 Å². The van der Waals surface area contributed by atoms with E-state index in [-0.39, 0.29) is 5.54 Å². The normalized spacial score (nSPS) is 14.6. The zero-order valence-corrected chi connectivity index (χ0v) is 8.28. The van der Waals surface area contributed by atoms with Crippen molar-refractivity contribution in [1.82, 2.24) is 0 Å². The molecular formula is C10H21N. The lowest BCUT2D eigenvalue weighted by molar-refractivity contribution is 0.408. The van der Waals surface area contributed by atoms with E-state index in [1.165, 1.54) is 5.57 Å². The van der Waals surface area contributed by atoms with Crippen LogP contribution in [-0.2, 0) is 0 Å². The van der Waals surface area contributed by atoms with E-state index in [1.807, 2.05) is 0 Å². The zero-order chi connectivity index (χ0) is 9.07. The number of hydrogen-bond acceptors (Lipinski definition) is 1. The van der Waals surface area contributed by atoms with Gasteiger partial charge < -0.3 is 5.73 Å². The number of nitrogens with two attached hydrogens (primary N) is 1. The molecule has 11 heavy (non-hydrogen) atoms. The topological polar surface area (TPSA) is 26.0 Å². The summed E-state index contributed by atoms with van der Waals surface area (Å²) in [4.78, 5) is 0. The second kappa shape index (κ2) is 3.91. The predicted octanol–water partition coefficient (Wildman–Crippen LogP) is 2.72. The predicted molar refractivity (Wildman–Crippen MR) is 51.5 cm³/mol. The van der Waals surface area contributed by atoms with Gasteiger partial charge in [0.25, 0.3) is 0 Å². The smallest absolute Gasteiger partial charge is 0.0103 e. The molecule has 0 bridgehead atoms. The summed E-state index contributed by atoms with van der Waals surface area (Å²) in [7, 11) is 0.